The third kappa shape index (κ3) is 5.51. The van der Waals surface area contributed by atoms with Crippen molar-refractivity contribution in [3.8, 4) is 0 Å². The molecular formula is C16H14Cl2F3N3O. The van der Waals surface area contributed by atoms with Crippen molar-refractivity contribution in [2.24, 2.45) is 0 Å². The highest BCUT2D eigenvalue weighted by atomic mass is 35.5. The summed E-state index contributed by atoms with van der Waals surface area (Å²) in [4.78, 5) is 15.6. The summed E-state index contributed by atoms with van der Waals surface area (Å²) in [7, 11) is 0. The third-order valence-electron chi connectivity index (χ3n) is 3.25. The van der Waals surface area contributed by atoms with Crippen LogP contribution in [-0.2, 0) is 17.4 Å². The molecular weight excluding hydrogens is 378 g/mol. The van der Waals surface area contributed by atoms with Gasteiger partial charge < -0.3 is 10.6 Å². The molecule has 2 rings (SSSR count). The molecule has 0 bridgehead atoms. The summed E-state index contributed by atoms with van der Waals surface area (Å²) < 4.78 is 38.5. The number of benzene rings is 1. The van der Waals surface area contributed by atoms with Crippen LogP contribution >= 0.6 is 23.2 Å². The lowest BCUT2D eigenvalue weighted by Gasteiger charge is -2.13. The number of carbonyl (C=O) groups excluding carboxylic acids is 1. The summed E-state index contributed by atoms with van der Waals surface area (Å²) in [5, 5.41) is 5.91. The van der Waals surface area contributed by atoms with Crippen LogP contribution in [0.3, 0.4) is 0 Å². The topological polar surface area (TPSA) is 54.0 Å². The molecule has 1 amide bonds. The SMILES string of the molecule is O=C(Cc1c(Cl)cccc1Cl)NCCNc1ncccc1C(F)(F)F. The minimum atomic E-state index is -4.50. The van der Waals surface area contributed by atoms with Gasteiger partial charge in [-0.2, -0.15) is 13.2 Å². The van der Waals surface area contributed by atoms with Gasteiger partial charge >= 0.3 is 6.18 Å². The molecule has 9 heteroatoms. The van der Waals surface area contributed by atoms with E-state index in [4.69, 9.17) is 23.2 Å². The zero-order chi connectivity index (χ0) is 18.4. The Morgan fingerprint density at radius 1 is 1.08 bits per heavy atom. The van der Waals surface area contributed by atoms with Gasteiger partial charge in [0.05, 0.1) is 12.0 Å². The molecule has 4 nitrogen and oxygen atoms in total. The van der Waals surface area contributed by atoms with Crippen LogP contribution in [0.4, 0.5) is 19.0 Å². The number of rotatable bonds is 6. The number of nitrogens with zero attached hydrogens (tertiary/aromatic N) is 1. The fourth-order valence-corrected chi connectivity index (χ4v) is 2.61. The Bertz CT molecular complexity index is 733. The molecule has 0 saturated carbocycles. The highest BCUT2D eigenvalue weighted by molar-refractivity contribution is 6.36. The van der Waals surface area contributed by atoms with Crippen molar-refractivity contribution in [3.05, 3.63) is 57.7 Å². The van der Waals surface area contributed by atoms with Crippen LogP contribution in [0.25, 0.3) is 0 Å². The van der Waals surface area contributed by atoms with Crippen molar-refractivity contribution < 1.29 is 18.0 Å². The van der Waals surface area contributed by atoms with E-state index >= 15 is 0 Å². The summed E-state index contributed by atoms with van der Waals surface area (Å²) in [6.07, 6.45) is -3.26. The van der Waals surface area contributed by atoms with Crippen LogP contribution in [0.15, 0.2) is 36.5 Å². The second-order valence-electron chi connectivity index (χ2n) is 5.05. The van der Waals surface area contributed by atoms with Crippen LogP contribution in [0.5, 0.6) is 0 Å². The highest BCUT2D eigenvalue weighted by Crippen LogP contribution is 2.33. The quantitative estimate of drug-likeness (QED) is 0.726. The third-order valence-corrected chi connectivity index (χ3v) is 3.96. The van der Waals surface area contributed by atoms with Crippen LogP contribution in [0.1, 0.15) is 11.1 Å². The number of hydrogen-bond donors (Lipinski definition) is 2. The van der Waals surface area contributed by atoms with Crippen LogP contribution < -0.4 is 10.6 Å². The minimum absolute atomic E-state index is 0.0180. The highest BCUT2D eigenvalue weighted by Gasteiger charge is 2.33. The molecule has 0 radical (unpaired) electrons. The smallest absolute Gasteiger partial charge is 0.368 e. The van der Waals surface area contributed by atoms with Crippen molar-refractivity contribution in [1.29, 1.82) is 0 Å². The van der Waals surface area contributed by atoms with Gasteiger partial charge in [-0.05, 0) is 29.8 Å². The fraction of sp³-hybridized carbons (Fsp3) is 0.250. The molecule has 1 aromatic heterocycles. The number of hydrogen-bond acceptors (Lipinski definition) is 3. The zero-order valence-electron chi connectivity index (χ0n) is 12.8. The van der Waals surface area contributed by atoms with Gasteiger partial charge in [0.2, 0.25) is 5.91 Å². The second kappa shape index (κ2) is 8.40. The summed E-state index contributed by atoms with van der Waals surface area (Å²) in [5.41, 5.74) is -0.357. The molecule has 0 aliphatic rings. The van der Waals surface area contributed by atoms with Crippen molar-refractivity contribution in [1.82, 2.24) is 10.3 Å². The maximum Gasteiger partial charge on any atom is 0.419 e. The lowest BCUT2D eigenvalue weighted by molar-refractivity contribution is -0.137. The van der Waals surface area contributed by atoms with Gasteiger partial charge in [0.15, 0.2) is 0 Å². The molecule has 134 valence electrons. The lowest BCUT2D eigenvalue weighted by Crippen LogP contribution is -2.30. The number of carbonyl (C=O) groups is 1. The average Bonchev–Trinajstić information content (AvgIpc) is 2.55. The Morgan fingerprint density at radius 3 is 2.40 bits per heavy atom. The molecule has 1 aromatic carbocycles. The number of halogens is 5. The lowest BCUT2D eigenvalue weighted by atomic mass is 10.1. The summed E-state index contributed by atoms with van der Waals surface area (Å²) in [5.74, 6) is -0.618. The van der Waals surface area contributed by atoms with Crippen molar-refractivity contribution in [3.63, 3.8) is 0 Å². The van der Waals surface area contributed by atoms with E-state index in [1.807, 2.05) is 0 Å². The Kier molecular flexibility index (Phi) is 6.50. The largest absolute Gasteiger partial charge is 0.419 e. The van der Waals surface area contributed by atoms with E-state index in [-0.39, 0.29) is 31.2 Å². The van der Waals surface area contributed by atoms with E-state index < -0.39 is 11.7 Å². The van der Waals surface area contributed by atoms with Gasteiger partial charge in [0.1, 0.15) is 5.82 Å². The first-order chi connectivity index (χ1) is 11.8. The maximum absolute atomic E-state index is 12.8. The van der Waals surface area contributed by atoms with Gasteiger partial charge in [-0.25, -0.2) is 4.98 Å². The first-order valence-corrected chi connectivity index (χ1v) is 8.00. The predicted octanol–water partition coefficient (Wildman–Crippen LogP) is 4.18. The van der Waals surface area contributed by atoms with Crippen LogP contribution in [0, 0.1) is 0 Å². The molecule has 0 aliphatic heterocycles. The fourth-order valence-electron chi connectivity index (χ4n) is 2.08. The molecule has 1 heterocycles. The molecule has 0 saturated heterocycles. The molecule has 25 heavy (non-hydrogen) atoms. The predicted molar refractivity (Wildman–Crippen MR) is 90.9 cm³/mol. The van der Waals surface area contributed by atoms with E-state index in [1.165, 1.54) is 12.3 Å². The number of pyridine rings is 1. The molecule has 0 fully saturated rings. The molecule has 0 unspecified atom stereocenters. The summed E-state index contributed by atoms with van der Waals surface area (Å²) >= 11 is 12.0. The number of aromatic nitrogens is 1. The first-order valence-electron chi connectivity index (χ1n) is 7.24. The second-order valence-corrected chi connectivity index (χ2v) is 5.87. The van der Waals surface area contributed by atoms with E-state index in [0.29, 0.717) is 15.6 Å². The Labute approximate surface area is 152 Å². The van der Waals surface area contributed by atoms with E-state index in [9.17, 15) is 18.0 Å². The monoisotopic (exact) mass is 391 g/mol. The van der Waals surface area contributed by atoms with Gasteiger partial charge in [-0.15, -0.1) is 0 Å². The Morgan fingerprint density at radius 2 is 1.76 bits per heavy atom. The average molecular weight is 392 g/mol. The first kappa shape index (κ1) is 19.3. The Hall–Kier alpha value is -1.99. The van der Waals surface area contributed by atoms with Crippen molar-refractivity contribution in [2.75, 3.05) is 18.4 Å². The molecule has 0 atom stereocenters. The summed E-state index contributed by atoms with van der Waals surface area (Å²) in [6, 6.07) is 7.06. The molecule has 0 aliphatic carbocycles. The normalized spacial score (nSPS) is 11.2. The number of nitrogens with one attached hydrogen (secondary N) is 2. The van der Waals surface area contributed by atoms with Crippen LogP contribution in [0.2, 0.25) is 10.0 Å². The number of alkyl halides is 3. The van der Waals surface area contributed by atoms with Crippen LogP contribution in [-0.4, -0.2) is 24.0 Å². The van der Waals surface area contributed by atoms with Gasteiger partial charge in [-0.1, -0.05) is 29.3 Å². The summed E-state index contributed by atoms with van der Waals surface area (Å²) in [6.45, 7) is 0.205. The van der Waals surface area contributed by atoms with Crippen molar-refractivity contribution in [2.45, 2.75) is 12.6 Å². The zero-order valence-corrected chi connectivity index (χ0v) is 14.3. The van der Waals surface area contributed by atoms with E-state index in [1.54, 1.807) is 18.2 Å². The molecule has 2 N–H and O–H groups in total. The van der Waals surface area contributed by atoms with Gasteiger partial charge in [-0.3, -0.25) is 4.79 Å². The standard InChI is InChI=1S/C16H14Cl2F3N3O/c17-12-4-1-5-13(18)10(12)9-14(25)22-7-8-24-15-11(16(19,20)21)3-2-6-23-15/h1-6H,7-9H2,(H,22,25)(H,23,24). The molecule has 2 aromatic rings. The van der Waals surface area contributed by atoms with Crippen molar-refractivity contribution >= 4 is 34.9 Å². The minimum Gasteiger partial charge on any atom is -0.368 e. The van der Waals surface area contributed by atoms with Gasteiger partial charge in [0, 0.05) is 29.3 Å². The number of amides is 1. The van der Waals surface area contributed by atoms with Gasteiger partial charge in [0.25, 0.3) is 0 Å². The Balaban J connectivity index is 1.85. The molecule has 0 spiro atoms. The van der Waals surface area contributed by atoms with E-state index in [2.05, 4.69) is 15.6 Å². The van der Waals surface area contributed by atoms with E-state index in [0.717, 1.165) is 6.07 Å². The maximum atomic E-state index is 12.8. The number of anilines is 1.